The van der Waals surface area contributed by atoms with Gasteiger partial charge in [0.25, 0.3) is 0 Å². The molecule has 0 aromatic carbocycles. The van der Waals surface area contributed by atoms with E-state index < -0.39 is 6.10 Å². The van der Waals surface area contributed by atoms with Crippen molar-refractivity contribution in [1.82, 2.24) is 20.1 Å². The van der Waals surface area contributed by atoms with Crippen LogP contribution < -0.4 is 5.32 Å². The van der Waals surface area contributed by atoms with Crippen LogP contribution in [-0.2, 0) is 26.4 Å². The van der Waals surface area contributed by atoms with E-state index in [4.69, 9.17) is 0 Å². The van der Waals surface area contributed by atoms with Gasteiger partial charge in [-0.3, -0.25) is 9.67 Å². The molecule has 2 rings (SSSR count). The van der Waals surface area contributed by atoms with Gasteiger partial charge in [0.1, 0.15) is 0 Å². The summed E-state index contributed by atoms with van der Waals surface area (Å²) >= 11 is 0. The Morgan fingerprint density at radius 2 is 1.95 bits per heavy atom. The number of pyridine rings is 1. The highest BCUT2D eigenvalue weighted by molar-refractivity contribution is 5.26. The molecule has 2 heterocycles. The van der Waals surface area contributed by atoms with Crippen molar-refractivity contribution in [2.24, 2.45) is 7.05 Å². The molecule has 2 aromatic heterocycles. The lowest BCUT2D eigenvalue weighted by Gasteiger charge is -2.12. The molecule has 5 heteroatoms. The van der Waals surface area contributed by atoms with E-state index in [0.29, 0.717) is 6.54 Å². The molecule has 21 heavy (non-hydrogen) atoms. The molecule has 1 unspecified atom stereocenters. The van der Waals surface area contributed by atoms with Gasteiger partial charge in [-0.15, -0.1) is 0 Å². The molecule has 0 aliphatic rings. The molecule has 0 saturated carbocycles. The number of hydrogen-bond donors (Lipinski definition) is 2. The molecule has 0 radical (unpaired) electrons. The summed E-state index contributed by atoms with van der Waals surface area (Å²) in [6.45, 7) is 5.52. The van der Waals surface area contributed by atoms with Gasteiger partial charge >= 0.3 is 0 Å². The third kappa shape index (κ3) is 3.68. The van der Waals surface area contributed by atoms with Gasteiger partial charge in [0, 0.05) is 43.8 Å². The molecular weight excluding hydrogens is 264 g/mol. The van der Waals surface area contributed by atoms with Gasteiger partial charge in [0.2, 0.25) is 0 Å². The number of aliphatic hydroxyl groups excluding tert-OH is 1. The van der Waals surface area contributed by atoms with Crippen LogP contribution in [0.4, 0.5) is 0 Å². The number of aryl methyl sites for hydroxylation is 2. The van der Waals surface area contributed by atoms with Crippen molar-refractivity contribution in [2.45, 2.75) is 39.3 Å². The highest BCUT2D eigenvalue weighted by Crippen LogP contribution is 2.16. The molecule has 2 N–H and O–H groups in total. The van der Waals surface area contributed by atoms with E-state index in [1.54, 1.807) is 12.4 Å². The zero-order valence-corrected chi connectivity index (χ0v) is 13.0. The van der Waals surface area contributed by atoms with E-state index in [1.165, 1.54) is 11.3 Å². The molecule has 114 valence electrons. The van der Waals surface area contributed by atoms with Crippen LogP contribution in [0.15, 0.2) is 24.5 Å². The standard InChI is InChI=1S/C16H24N4O/c1-4-14-13(15(5-2)20(3)19-14)10-18-11-16(21)12-6-8-17-9-7-12/h6-9,16,18,21H,4-5,10-11H2,1-3H3. The fourth-order valence-electron chi connectivity index (χ4n) is 2.63. The van der Waals surface area contributed by atoms with Crippen molar-refractivity contribution >= 4 is 0 Å². The fraction of sp³-hybridized carbons (Fsp3) is 0.500. The first-order chi connectivity index (χ1) is 10.2. The van der Waals surface area contributed by atoms with Gasteiger partial charge < -0.3 is 10.4 Å². The Bertz CT molecular complexity index is 565. The van der Waals surface area contributed by atoms with Crippen LogP contribution in [0.5, 0.6) is 0 Å². The van der Waals surface area contributed by atoms with Crippen molar-refractivity contribution in [2.75, 3.05) is 6.54 Å². The van der Waals surface area contributed by atoms with E-state index in [-0.39, 0.29) is 0 Å². The Hall–Kier alpha value is -1.72. The topological polar surface area (TPSA) is 63.0 Å². The number of aliphatic hydroxyl groups is 1. The maximum atomic E-state index is 10.1. The third-order valence-electron chi connectivity index (χ3n) is 3.76. The molecule has 5 nitrogen and oxygen atoms in total. The summed E-state index contributed by atoms with van der Waals surface area (Å²) in [5, 5.41) is 18.0. The van der Waals surface area contributed by atoms with Crippen molar-refractivity contribution in [1.29, 1.82) is 0 Å². The Balaban J connectivity index is 1.97. The second kappa shape index (κ2) is 7.33. The Kier molecular flexibility index (Phi) is 5.47. The zero-order valence-electron chi connectivity index (χ0n) is 13.0. The first-order valence-electron chi connectivity index (χ1n) is 7.49. The number of nitrogens with one attached hydrogen (secondary N) is 1. The van der Waals surface area contributed by atoms with Crippen molar-refractivity contribution < 1.29 is 5.11 Å². The number of nitrogens with zero attached hydrogens (tertiary/aromatic N) is 3. The van der Waals surface area contributed by atoms with Crippen LogP contribution in [0, 0.1) is 0 Å². The summed E-state index contributed by atoms with van der Waals surface area (Å²) in [5.41, 5.74) is 4.55. The van der Waals surface area contributed by atoms with Gasteiger partial charge in [-0.05, 0) is 30.5 Å². The quantitative estimate of drug-likeness (QED) is 0.815. The molecule has 0 spiro atoms. The Morgan fingerprint density at radius 1 is 1.24 bits per heavy atom. The molecule has 0 fully saturated rings. The number of hydrogen-bond acceptors (Lipinski definition) is 4. The van der Waals surface area contributed by atoms with E-state index in [1.807, 2.05) is 23.9 Å². The highest BCUT2D eigenvalue weighted by Gasteiger charge is 2.14. The Morgan fingerprint density at radius 3 is 2.57 bits per heavy atom. The summed E-state index contributed by atoms with van der Waals surface area (Å²) < 4.78 is 1.97. The average molecular weight is 288 g/mol. The van der Waals surface area contributed by atoms with Gasteiger partial charge in [-0.1, -0.05) is 13.8 Å². The molecule has 0 bridgehead atoms. The second-order valence-corrected chi connectivity index (χ2v) is 5.13. The maximum absolute atomic E-state index is 10.1. The van der Waals surface area contributed by atoms with Crippen LogP contribution in [0.2, 0.25) is 0 Å². The third-order valence-corrected chi connectivity index (χ3v) is 3.76. The van der Waals surface area contributed by atoms with Gasteiger partial charge in [0.05, 0.1) is 11.8 Å². The summed E-state index contributed by atoms with van der Waals surface area (Å²) in [4.78, 5) is 3.96. The molecule has 0 aliphatic carbocycles. The van der Waals surface area contributed by atoms with Crippen LogP contribution in [0.3, 0.4) is 0 Å². The number of aromatic nitrogens is 3. The van der Waals surface area contributed by atoms with Crippen LogP contribution in [0.1, 0.15) is 42.5 Å². The van der Waals surface area contributed by atoms with E-state index in [9.17, 15) is 5.11 Å². The molecular formula is C16H24N4O. The lowest BCUT2D eigenvalue weighted by Crippen LogP contribution is -2.22. The predicted molar refractivity (Wildman–Crippen MR) is 82.9 cm³/mol. The van der Waals surface area contributed by atoms with Gasteiger partial charge in [-0.25, -0.2) is 0 Å². The first-order valence-corrected chi connectivity index (χ1v) is 7.49. The molecule has 0 saturated heterocycles. The van der Waals surface area contributed by atoms with Crippen molar-refractivity contribution in [3.63, 3.8) is 0 Å². The predicted octanol–water partition coefficient (Wildman–Crippen LogP) is 1.76. The van der Waals surface area contributed by atoms with Crippen LogP contribution in [0.25, 0.3) is 0 Å². The lowest BCUT2D eigenvalue weighted by molar-refractivity contribution is 0.174. The summed E-state index contributed by atoms with van der Waals surface area (Å²) in [5.74, 6) is 0. The fourth-order valence-corrected chi connectivity index (χ4v) is 2.63. The van der Waals surface area contributed by atoms with E-state index in [2.05, 4.69) is 29.2 Å². The largest absolute Gasteiger partial charge is 0.387 e. The van der Waals surface area contributed by atoms with E-state index in [0.717, 1.165) is 30.6 Å². The van der Waals surface area contributed by atoms with Gasteiger partial charge in [-0.2, -0.15) is 5.10 Å². The summed E-state index contributed by atoms with van der Waals surface area (Å²) in [6, 6.07) is 3.68. The van der Waals surface area contributed by atoms with Crippen molar-refractivity contribution in [3.05, 3.63) is 47.0 Å². The SMILES string of the molecule is CCc1nn(C)c(CC)c1CNCC(O)c1ccncc1. The smallest absolute Gasteiger partial charge is 0.0915 e. The summed E-state index contributed by atoms with van der Waals surface area (Å²) in [6.07, 6.45) is 4.78. The Labute approximate surface area is 126 Å². The number of rotatable bonds is 7. The summed E-state index contributed by atoms with van der Waals surface area (Å²) in [7, 11) is 1.99. The first kappa shape index (κ1) is 15.7. The zero-order chi connectivity index (χ0) is 15.2. The second-order valence-electron chi connectivity index (χ2n) is 5.13. The minimum absolute atomic E-state index is 0.514. The normalized spacial score (nSPS) is 12.6. The van der Waals surface area contributed by atoms with Crippen molar-refractivity contribution in [3.8, 4) is 0 Å². The monoisotopic (exact) mass is 288 g/mol. The minimum atomic E-state index is -0.514. The average Bonchev–Trinajstić information content (AvgIpc) is 2.83. The highest BCUT2D eigenvalue weighted by atomic mass is 16.3. The molecule has 0 amide bonds. The molecule has 0 aliphatic heterocycles. The van der Waals surface area contributed by atoms with Gasteiger partial charge in [0.15, 0.2) is 0 Å². The minimum Gasteiger partial charge on any atom is -0.387 e. The lowest BCUT2D eigenvalue weighted by atomic mass is 10.1. The van der Waals surface area contributed by atoms with E-state index >= 15 is 0 Å². The molecule has 1 atom stereocenters. The van der Waals surface area contributed by atoms with Crippen LogP contribution in [-0.4, -0.2) is 26.4 Å². The maximum Gasteiger partial charge on any atom is 0.0915 e. The van der Waals surface area contributed by atoms with Crippen LogP contribution >= 0.6 is 0 Å². The molecule has 2 aromatic rings.